The van der Waals surface area contributed by atoms with Gasteiger partial charge >= 0.3 is 18.2 Å². The molecule has 0 radical (unpaired) electrons. The standard InChI is InChI=1S/C23H19N3O.C20H20N2O.C18H17N3O.C17H14N2O2/c27-23-25(15-16-26(23)22-9-5-2-6-10-22)18-21-14-13-20(17-24-21)12-11-19-7-3-1-4-8-19;1-20(2)13-12-19(23)22(20)15-18-11-10-17(14-21-18)9-8-16-6-4-3-5-7-16;1-20-11-12-21(18(20)22)14-17-10-9-16(13-19-17)8-7-15-5-3-2-4-6-15;20-17-19(10-11-21-17)13-16-9-8-15(12-18-16)7-6-14-4-2-1-3-5-14/h1-10,13-14,17H,15-16,18H2;3-7,10-11,14H,12-13,15H2,1-2H3;2-6,9-10,13H,11-12,14H2,1H3;1-5,8-9,12H,10-11,13H2. The maximum atomic E-state index is 12.6. The summed E-state index contributed by atoms with van der Waals surface area (Å²) in [5.74, 6) is 25.0. The van der Waals surface area contributed by atoms with Crippen LogP contribution >= 0.6 is 0 Å². The maximum absolute atomic E-state index is 12.6. The summed E-state index contributed by atoms with van der Waals surface area (Å²) >= 11 is 0. The van der Waals surface area contributed by atoms with Gasteiger partial charge in [0.05, 0.1) is 55.5 Å². The fraction of sp³-hybridized carbons (Fsp3) is 0.205. The predicted octanol–water partition coefficient (Wildman–Crippen LogP) is 12.1. The summed E-state index contributed by atoms with van der Waals surface area (Å²) in [5.41, 5.74) is 11.7. The van der Waals surface area contributed by atoms with Gasteiger partial charge in [0.2, 0.25) is 5.91 Å². The maximum Gasteiger partial charge on any atom is 0.410 e. The highest BCUT2D eigenvalue weighted by molar-refractivity contribution is 5.94. The average molecular weight is 1230 g/mol. The molecule has 0 aliphatic carbocycles. The Labute approximate surface area is 544 Å². The van der Waals surface area contributed by atoms with E-state index in [0.29, 0.717) is 58.8 Å². The minimum Gasteiger partial charge on any atom is -0.448 e. The van der Waals surface area contributed by atoms with Crippen LogP contribution in [0.1, 0.15) is 94.0 Å². The molecule has 15 heteroatoms. The average Bonchev–Trinajstić information content (AvgIpc) is 3.04. The van der Waals surface area contributed by atoms with E-state index in [1.54, 1.807) is 44.4 Å². The number of hydrogen-bond donors (Lipinski definition) is 0. The number of carbonyl (C=O) groups excluding carboxylic acids is 4. The van der Waals surface area contributed by atoms with Gasteiger partial charge < -0.3 is 24.3 Å². The summed E-state index contributed by atoms with van der Waals surface area (Å²) in [4.78, 5) is 76.2. The van der Waals surface area contributed by atoms with Crippen molar-refractivity contribution in [3.8, 4) is 47.4 Å². The van der Waals surface area contributed by atoms with Crippen molar-refractivity contribution < 1.29 is 23.9 Å². The highest BCUT2D eigenvalue weighted by Gasteiger charge is 2.37. The Morgan fingerprint density at radius 3 is 1.08 bits per heavy atom. The molecule has 0 atom stereocenters. The summed E-state index contributed by atoms with van der Waals surface area (Å²) < 4.78 is 4.89. The number of anilines is 1. The molecule has 8 heterocycles. The van der Waals surface area contributed by atoms with Crippen LogP contribution < -0.4 is 4.90 Å². The van der Waals surface area contributed by atoms with Crippen molar-refractivity contribution in [3.63, 3.8) is 0 Å². The third kappa shape index (κ3) is 19.1. The molecule has 0 unspecified atom stereocenters. The Hall–Kier alpha value is -11.8. The molecular weight excluding hydrogens is 1160 g/mol. The van der Waals surface area contributed by atoms with Crippen LogP contribution in [0.3, 0.4) is 0 Å². The Balaban J connectivity index is 0.000000136. The number of nitrogens with zero attached hydrogens (tertiary/aromatic N) is 10. The van der Waals surface area contributed by atoms with Gasteiger partial charge in [-0.3, -0.25) is 34.5 Å². The van der Waals surface area contributed by atoms with Crippen molar-refractivity contribution in [2.24, 2.45) is 0 Å². The first kappa shape index (κ1) is 64.2. The fourth-order valence-electron chi connectivity index (χ4n) is 10.1. The van der Waals surface area contributed by atoms with Gasteiger partial charge in [-0.05, 0) is 129 Å². The van der Waals surface area contributed by atoms with Crippen molar-refractivity contribution in [2.75, 3.05) is 51.3 Å². The van der Waals surface area contributed by atoms with E-state index < -0.39 is 0 Å². The molecule has 4 aromatic heterocycles. The van der Waals surface area contributed by atoms with Crippen molar-refractivity contribution in [1.29, 1.82) is 0 Å². The topological polar surface area (TPSA) is 149 Å². The van der Waals surface area contributed by atoms with E-state index in [0.717, 1.165) is 92.5 Å². The van der Waals surface area contributed by atoms with E-state index in [4.69, 9.17) is 4.74 Å². The fourth-order valence-corrected chi connectivity index (χ4v) is 10.1. The van der Waals surface area contributed by atoms with Crippen LogP contribution in [0.15, 0.2) is 225 Å². The first-order chi connectivity index (χ1) is 45.4. The van der Waals surface area contributed by atoms with Crippen molar-refractivity contribution in [3.05, 3.63) is 292 Å². The zero-order chi connectivity index (χ0) is 64.6. The Kier molecular flexibility index (Phi) is 22.2. The SMILES string of the molecule is CC1(C)CCC(=O)N1Cc1ccc(C#Cc2ccccc2)cn1.CN1CCN(Cc2ccc(C#Cc3ccccc3)cn2)C1=O.O=C1N(Cc2ccc(C#Cc3ccccc3)cn2)CCN1c1ccccc1.O=C1OCCN1Cc1ccc(C#Cc2ccccc2)cn1. The Morgan fingerprint density at radius 1 is 0.387 bits per heavy atom. The molecule has 462 valence electrons. The van der Waals surface area contributed by atoms with Gasteiger partial charge in [0, 0.05) is 120 Å². The second-order valence-electron chi connectivity index (χ2n) is 22.8. The van der Waals surface area contributed by atoms with Crippen molar-refractivity contribution in [1.82, 2.24) is 44.4 Å². The van der Waals surface area contributed by atoms with E-state index in [9.17, 15) is 19.2 Å². The number of pyridine rings is 4. The largest absolute Gasteiger partial charge is 0.448 e. The van der Waals surface area contributed by atoms with Crippen molar-refractivity contribution >= 4 is 29.8 Å². The van der Waals surface area contributed by atoms with Crippen LogP contribution in [0.5, 0.6) is 0 Å². The Bertz CT molecular complexity index is 4230. The van der Waals surface area contributed by atoms with Crippen LogP contribution in [-0.2, 0) is 35.7 Å². The van der Waals surface area contributed by atoms with Gasteiger partial charge in [0.25, 0.3) is 0 Å². The van der Waals surface area contributed by atoms with Gasteiger partial charge in [0.1, 0.15) is 6.61 Å². The first-order valence-electron chi connectivity index (χ1n) is 30.8. The minimum atomic E-state index is -0.273. The zero-order valence-corrected chi connectivity index (χ0v) is 52.4. The molecule has 4 fully saturated rings. The van der Waals surface area contributed by atoms with E-state index in [2.05, 4.69) is 81.1 Å². The lowest BCUT2D eigenvalue weighted by Gasteiger charge is -2.31. The third-order valence-electron chi connectivity index (χ3n) is 15.5. The molecule has 9 aromatic rings. The number of para-hydroxylation sites is 1. The number of likely N-dealkylation sites (tertiary alicyclic amines) is 1. The number of rotatable bonds is 9. The lowest BCUT2D eigenvalue weighted by atomic mass is 10.0. The molecule has 93 heavy (non-hydrogen) atoms. The third-order valence-corrected chi connectivity index (χ3v) is 15.5. The number of aromatic nitrogens is 4. The molecular formula is C78H70N10O5. The normalized spacial score (nSPS) is 14.2. The molecule has 4 aliphatic rings. The summed E-state index contributed by atoms with van der Waals surface area (Å²) in [6.07, 6.45) is 8.30. The molecule has 4 saturated heterocycles. The number of hydrogen-bond acceptors (Lipinski definition) is 9. The van der Waals surface area contributed by atoms with Crippen molar-refractivity contribution in [2.45, 2.75) is 58.4 Å². The van der Waals surface area contributed by atoms with Gasteiger partial charge in [0.15, 0.2) is 0 Å². The molecule has 0 bridgehead atoms. The van der Waals surface area contributed by atoms with Crippen LogP contribution in [-0.4, -0.2) is 120 Å². The van der Waals surface area contributed by atoms with E-state index in [-0.39, 0.29) is 29.6 Å². The highest BCUT2D eigenvalue weighted by Crippen LogP contribution is 2.31. The summed E-state index contributed by atoms with van der Waals surface area (Å²) in [6.45, 7) is 10.3. The molecule has 5 aromatic carbocycles. The monoisotopic (exact) mass is 1230 g/mol. The number of amides is 6. The van der Waals surface area contributed by atoms with Gasteiger partial charge in [-0.25, -0.2) is 14.4 Å². The van der Waals surface area contributed by atoms with Gasteiger partial charge in [-0.2, -0.15) is 0 Å². The zero-order valence-electron chi connectivity index (χ0n) is 52.4. The van der Waals surface area contributed by atoms with Crippen LogP contribution in [0.2, 0.25) is 0 Å². The smallest absolute Gasteiger partial charge is 0.410 e. The Morgan fingerprint density at radius 2 is 0.742 bits per heavy atom. The second kappa shape index (κ2) is 32.1. The predicted molar refractivity (Wildman–Crippen MR) is 360 cm³/mol. The molecule has 13 rings (SSSR count). The number of urea groups is 2. The summed E-state index contributed by atoms with van der Waals surface area (Å²) in [6, 6.07) is 64.8. The van der Waals surface area contributed by atoms with Gasteiger partial charge in [-0.1, -0.05) is 138 Å². The molecule has 0 spiro atoms. The number of ether oxygens (including phenoxy) is 1. The van der Waals surface area contributed by atoms with Gasteiger partial charge in [-0.15, -0.1) is 0 Å². The molecule has 15 nitrogen and oxygen atoms in total. The molecule has 4 aliphatic heterocycles. The van der Waals surface area contributed by atoms with E-state index >= 15 is 0 Å². The lowest BCUT2D eigenvalue weighted by Crippen LogP contribution is -2.40. The quantitative estimate of drug-likeness (QED) is 0.129. The number of likely N-dealkylation sites (N-methyl/N-ethyl adjacent to an activating group) is 1. The van der Waals surface area contributed by atoms with E-state index in [1.807, 2.05) is 217 Å². The molecule has 0 N–H and O–H groups in total. The highest BCUT2D eigenvalue weighted by atomic mass is 16.6. The molecule has 6 amide bonds. The number of benzene rings is 5. The second-order valence-corrected chi connectivity index (χ2v) is 22.8. The first-order valence-corrected chi connectivity index (χ1v) is 30.8. The number of cyclic esters (lactones) is 1. The van der Waals surface area contributed by atoms with Crippen LogP contribution in [0, 0.1) is 47.4 Å². The summed E-state index contributed by atoms with van der Waals surface area (Å²) in [7, 11) is 1.82. The number of carbonyl (C=O) groups is 4. The summed E-state index contributed by atoms with van der Waals surface area (Å²) in [5, 5.41) is 0. The molecule has 0 saturated carbocycles. The van der Waals surface area contributed by atoms with Crippen LogP contribution in [0.4, 0.5) is 20.1 Å². The minimum absolute atomic E-state index is 0.0240. The lowest BCUT2D eigenvalue weighted by molar-refractivity contribution is -0.131. The van der Waals surface area contributed by atoms with E-state index in [1.165, 1.54) is 0 Å². The van der Waals surface area contributed by atoms with Crippen LogP contribution in [0.25, 0.3) is 0 Å².